The molecule has 2 aromatic heterocycles. The van der Waals surface area contributed by atoms with Crippen LogP contribution in [0.1, 0.15) is 16.7 Å². The van der Waals surface area contributed by atoms with Gasteiger partial charge < -0.3 is 5.32 Å². The van der Waals surface area contributed by atoms with Gasteiger partial charge in [-0.25, -0.2) is 0 Å². The fraction of sp³-hybridized carbons (Fsp3) is 0.158. The number of amides is 1. The van der Waals surface area contributed by atoms with Crippen molar-refractivity contribution in [1.29, 1.82) is 5.26 Å². The minimum atomic E-state index is -0.0678. The summed E-state index contributed by atoms with van der Waals surface area (Å²) in [6, 6.07) is 14.6. The van der Waals surface area contributed by atoms with Crippen LogP contribution in [0, 0.1) is 11.3 Å². The topological polar surface area (TPSA) is 52.9 Å². The lowest BCUT2D eigenvalue weighted by molar-refractivity contribution is -0.113. The Labute approximate surface area is 158 Å². The quantitative estimate of drug-likeness (QED) is 0.633. The number of carbonyl (C=O) groups excluding carboxylic acids is 1. The summed E-state index contributed by atoms with van der Waals surface area (Å²) in [5.74, 6) is 0.284. The average Bonchev–Trinajstić information content (AvgIpc) is 3.27. The molecule has 1 aliphatic rings. The summed E-state index contributed by atoms with van der Waals surface area (Å²) in [6.45, 7) is 0. The summed E-state index contributed by atoms with van der Waals surface area (Å²) < 4.78 is 1.12. The van der Waals surface area contributed by atoms with Crippen molar-refractivity contribution in [2.75, 3.05) is 11.1 Å². The molecular weight excluding hydrogens is 368 g/mol. The van der Waals surface area contributed by atoms with E-state index in [1.165, 1.54) is 34.2 Å². The third-order valence-electron chi connectivity index (χ3n) is 4.12. The lowest BCUT2D eigenvalue weighted by atomic mass is 9.90. The maximum absolute atomic E-state index is 12.3. The Morgan fingerprint density at radius 3 is 2.92 bits per heavy atom. The van der Waals surface area contributed by atoms with Crippen LogP contribution in [-0.4, -0.2) is 11.7 Å². The number of nitrogens with one attached hydrogen (secondary N) is 1. The van der Waals surface area contributed by atoms with E-state index in [4.69, 9.17) is 0 Å². The van der Waals surface area contributed by atoms with Gasteiger partial charge in [-0.1, -0.05) is 30.3 Å². The van der Waals surface area contributed by atoms with Gasteiger partial charge in [-0.05, 0) is 41.0 Å². The molecule has 0 spiro atoms. The number of thiophene rings is 2. The van der Waals surface area contributed by atoms with Crippen LogP contribution < -0.4 is 5.32 Å². The Kier molecular flexibility index (Phi) is 4.62. The number of anilines is 1. The van der Waals surface area contributed by atoms with Crippen LogP contribution in [-0.2, 0) is 17.6 Å². The second-order valence-electron chi connectivity index (χ2n) is 5.65. The lowest BCUT2D eigenvalue weighted by Gasteiger charge is -2.15. The Bertz CT molecular complexity index is 967. The molecule has 0 aliphatic heterocycles. The second kappa shape index (κ2) is 7.04. The Balaban J connectivity index is 1.58. The van der Waals surface area contributed by atoms with E-state index < -0.39 is 0 Å². The highest BCUT2D eigenvalue weighted by molar-refractivity contribution is 8.01. The Hall–Kier alpha value is -2.07. The first-order chi connectivity index (χ1) is 12.3. The first kappa shape index (κ1) is 16.4. The smallest absolute Gasteiger partial charge is 0.235 e. The van der Waals surface area contributed by atoms with Gasteiger partial charge in [-0.2, -0.15) is 5.26 Å². The van der Waals surface area contributed by atoms with Gasteiger partial charge in [0.25, 0.3) is 0 Å². The van der Waals surface area contributed by atoms with Gasteiger partial charge in [0.15, 0.2) is 0 Å². The zero-order valence-electron chi connectivity index (χ0n) is 13.2. The normalized spacial score (nSPS) is 12.1. The van der Waals surface area contributed by atoms with E-state index >= 15 is 0 Å². The maximum atomic E-state index is 12.3. The van der Waals surface area contributed by atoms with Crippen LogP contribution in [0.4, 0.5) is 5.00 Å². The first-order valence-corrected chi connectivity index (χ1v) is 10.5. The molecule has 0 atom stereocenters. The largest absolute Gasteiger partial charge is 0.316 e. The molecule has 0 unspecified atom stereocenters. The summed E-state index contributed by atoms with van der Waals surface area (Å²) in [5.41, 5.74) is 4.21. The van der Waals surface area contributed by atoms with Gasteiger partial charge in [0.05, 0.1) is 15.5 Å². The Morgan fingerprint density at radius 1 is 1.24 bits per heavy atom. The SMILES string of the molecule is N#Cc1c(NC(=O)CSc2cccs2)sc2c1CCc1ccccc1-2. The molecule has 0 saturated heterocycles. The van der Waals surface area contributed by atoms with E-state index in [2.05, 4.69) is 23.5 Å². The van der Waals surface area contributed by atoms with Gasteiger partial charge in [-0.15, -0.1) is 34.4 Å². The van der Waals surface area contributed by atoms with Gasteiger partial charge in [-0.3, -0.25) is 4.79 Å². The lowest BCUT2D eigenvalue weighted by Crippen LogP contribution is -2.13. The molecule has 124 valence electrons. The third-order valence-corrected chi connectivity index (χ3v) is 7.43. The van der Waals surface area contributed by atoms with E-state index in [0.29, 0.717) is 16.3 Å². The molecule has 0 bridgehead atoms. The van der Waals surface area contributed by atoms with Crippen molar-refractivity contribution in [3.8, 4) is 16.5 Å². The van der Waals surface area contributed by atoms with Gasteiger partial charge in [0.1, 0.15) is 11.1 Å². The molecule has 2 heterocycles. The van der Waals surface area contributed by atoms with Crippen molar-refractivity contribution in [2.24, 2.45) is 0 Å². The van der Waals surface area contributed by atoms with E-state index in [9.17, 15) is 10.1 Å². The number of carbonyl (C=O) groups is 1. The minimum absolute atomic E-state index is 0.0678. The summed E-state index contributed by atoms with van der Waals surface area (Å²) in [7, 11) is 0. The van der Waals surface area contributed by atoms with Crippen molar-refractivity contribution < 1.29 is 4.79 Å². The molecule has 1 aromatic carbocycles. The van der Waals surface area contributed by atoms with Crippen LogP contribution in [0.3, 0.4) is 0 Å². The number of benzene rings is 1. The van der Waals surface area contributed by atoms with Crippen molar-refractivity contribution >= 4 is 45.3 Å². The predicted molar refractivity (Wildman–Crippen MR) is 106 cm³/mol. The third kappa shape index (κ3) is 3.23. The Morgan fingerprint density at radius 2 is 2.12 bits per heavy atom. The van der Waals surface area contributed by atoms with E-state index in [1.54, 1.807) is 11.3 Å². The molecule has 0 radical (unpaired) electrons. The standard InChI is InChI=1S/C19H14N2OS3/c20-10-15-14-8-7-12-4-1-2-5-13(12)18(14)25-19(15)21-16(22)11-24-17-6-3-9-23-17/h1-6,9H,7-8,11H2,(H,21,22). The zero-order chi connectivity index (χ0) is 17.2. The van der Waals surface area contributed by atoms with Gasteiger partial charge in [0.2, 0.25) is 5.91 Å². The summed E-state index contributed by atoms with van der Waals surface area (Å²) in [5, 5.41) is 15.2. The molecule has 3 nitrogen and oxygen atoms in total. The maximum Gasteiger partial charge on any atom is 0.235 e. The second-order valence-corrected chi connectivity index (χ2v) is 8.90. The number of hydrogen-bond donors (Lipinski definition) is 1. The van der Waals surface area contributed by atoms with Crippen LogP contribution in [0.25, 0.3) is 10.4 Å². The molecule has 1 amide bonds. The number of aryl methyl sites for hydroxylation is 1. The molecule has 3 aromatic rings. The fourth-order valence-electron chi connectivity index (χ4n) is 2.99. The van der Waals surface area contributed by atoms with Crippen molar-refractivity contribution in [1.82, 2.24) is 0 Å². The zero-order valence-corrected chi connectivity index (χ0v) is 15.7. The summed E-state index contributed by atoms with van der Waals surface area (Å²) >= 11 is 4.67. The molecule has 1 N–H and O–H groups in total. The van der Waals surface area contributed by atoms with Crippen LogP contribution in [0.5, 0.6) is 0 Å². The van der Waals surface area contributed by atoms with Gasteiger partial charge >= 0.3 is 0 Å². The molecule has 25 heavy (non-hydrogen) atoms. The highest BCUT2D eigenvalue weighted by atomic mass is 32.2. The highest BCUT2D eigenvalue weighted by Crippen LogP contribution is 2.44. The van der Waals surface area contributed by atoms with E-state index in [-0.39, 0.29) is 5.91 Å². The number of nitriles is 1. The number of thioether (sulfide) groups is 1. The van der Waals surface area contributed by atoms with Crippen molar-refractivity contribution in [3.63, 3.8) is 0 Å². The minimum Gasteiger partial charge on any atom is -0.316 e. The molecule has 4 rings (SSSR count). The summed E-state index contributed by atoms with van der Waals surface area (Å²) in [4.78, 5) is 13.4. The van der Waals surface area contributed by atoms with E-state index in [0.717, 1.165) is 27.5 Å². The fourth-order valence-corrected chi connectivity index (χ4v) is 5.85. The summed E-state index contributed by atoms with van der Waals surface area (Å²) in [6.07, 6.45) is 1.79. The van der Waals surface area contributed by atoms with E-state index in [1.807, 2.05) is 29.6 Å². The number of fused-ring (bicyclic) bond motifs is 3. The highest BCUT2D eigenvalue weighted by Gasteiger charge is 2.25. The predicted octanol–water partition coefficient (Wildman–Crippen LogP) is 5.18. The average molecular weight is 383 g/mol. The number of nitrogens with zero attached hydrogens (tertiary/aromatic N) is 1. The van der Waals surface area contributed by atoms with Crippen LogP contribution in [0.15, 0.2) is 46.0 Å². The van der Waals surface area contributed by atoms with Crippen LogP contribution in [0.2, 0.25) is 0 Å². The molecule has 6 heteroatoms. The molecule has 0 saturated carbocycles. The number of rotatable bonds is 4. The molecular formula is C19H14N2OS3. The van der Waals surface area contributed by atoms with Crippen molar-refractivity contribution in [3.05, 3.63) is 58.5 Å². The van der Waals surface area contributed by atoms with Crippen molar-refractivity contribution in [2.45, 2.75) is 17.1 Å². The van der Waals surface area contributed by atoms with Gasteiger partial charge in [0, 0.05) is 4.88 Å². The number of hydrogen-bond acceptors (Lipinski definition) is 5. The monoisotopic (exact) mass is 382 g/mol. The molecule has 0 fully saturated rings. The van der Waals surface area contributed by atoms with Crippen LogP contribution >= 0.6 is 34.4 Å². The first-order valence-electron chi connectivity index (χ1n) is 7.86. The molecule has 1 aliphatic carbocycles.